The molecule has 0 radical (unpaired) electrons. The van der Waals surface area contributed by atoms with Gasteiger partial charge in [0.1, 0.15) is 18.2 Å². The average molecular weight is 412 g/mol. The summed E-state index contributed by atoms with van der Waals surface area (Å²) in [6, 6.07) is 18.5. The van der Waals surface area contributed by atoms with E-state index in [1.165, 1.54) is 11.1 Å². The van der Waals surface area contributed by atoms with Crippen LogP contribution in [-0.2, 0) is 13.1 Å². The molecule has 4 heteroatoms. The minimum atomic E-state index is -0.0696. The second-order valence-corrected chi connectivity index (χ2v) is 8.41. The molecule has 0 unspecified atom stereocenters. The first kappa shape index (κ1) is 19.6. The number of fused-ring (bicyclic) bond motifs is 2. The average Bonchev–Trinajstić information content (AvgIpc) is 3.07. The topological polar surface area (TPSA) is 38.8 Å². The molecule has 4 nitrogen and oxygen atoms in total. The van der Waals surface area contributed by atoms with Crippen molar-refractivity contribution < 1.29 is 14.3 Å². The van der Waals surface area contributed by atoms with Gasteiger partial charge >= 0.3 is 0 Å². The minimum absolute atomic E-state index is 0.0696. The lowest BCUT2D eigenvalue weighted by atomic mass is 9.99. The highest BCUT2D eigenvalue weighted by molar-refractivity contribution is 6.15. The Kier molecular flexibility index (Phi) is 4.87. The van der Waals surface area contributed by atoms with E-state index in [4.69, 9.17) is 9.47 Å². The van der Waals surface area contributed by atoms with Gasteiger partial charge in [0, 0.05) is 24.2 Å². The SMILES string of the molecule is Cc1ccc(CN2COc3c(cc4c(c3C)O/C(=C\c3ccccc3C)C4=O)C2)cc1. The Morgan fingerprint density at radius 1 is 1.00 bits per heavy atom. The van der Waals surface area contributed by atoms with E-state index in [0.29, 0.717) is 23.8 Å². The summed E-state index contributed by atoms with van der Waals surface area (Å²) in [6.45, 7) is 8.14. The number of benzene rings is 3. The van der Waals surface area contributed by atoms with Crippen molar-refractivity contribution in [3.8, 4) is 11.5 Å². The number of ether oxygens (including phenoxy) is 2. The Morgan fingerprint density at radius 2 is 1.77 bits per heavy atom. The third-order valence-electron chi connectivity index (χ3n) is 6.00. The smallest absolute Gasteiger partial charge is 0.231 e. The number of nitrogens with zero attached hydrogens (tertiary/aromatic N) is 1. The molecule has 2 aliphatic heterocycles. The van der Waals surface area contributed by atoms with Crippen LogP contribution in [0.2, 0.25) is 0 Å². The summed E-state index contributed by atoms with van der Waals surface area (Å²) >= 11 is 0. The van der Waals surface area contributed by atoms with Crippen LogP contribution < -0.4 is 9.47 Å². The van der Waals surface area contributed by atoms with E-state index in [-0.39, 0.29) is 5.78 Å². The number of carbonyl (C=O) groups excluding carboxylic acids is 1. The predicted molar refractivity (Wildman–Crippen MR) is 121 cm³/mol. The predicted octanol–water partition coefficient (Wildman–Crippen LogP) is 5.58. The van der Waals surface area contributed by atoms with Gasteiger partial charge in [0.05, 0.1) is 5.56 Å². The molecule has 0 bridgehead atoms. The van der Waals surface area contributed by atoms with E-state index in [9.17, 15) is 4.79 Å². The van der Waals surface area contributed by atoms with E-state index < -0.39 is 0 Å². The highest BCUT2D eigenvalue weighted by atomic mass is 16.5. The van der Waals surface area contributed by atoms with Crippen LogP contribution in [0, 0.1) is 20.8 Å². The molecule has 2 heterocycles. The van der Waals surface area contributed by atoms with E-state index in [1.807, 2.05) is 50.3 Å². The van der Waals surface area contributed by atoms with Gasteiger partial charge in [-0.1, -0.05) is 54.1 Å². The van der Waals surface area contributed by atoms with E-state index >= 15 is 0 Å². The number of ketones is 1. The summed E-state index contributed by atoms with van der Waals surface area (Å²) in [5.41, 5.74) is 7.14. The van der Waals surface area contributed by atoms with Crippen molar-refractivity contribution in [1.29, 1.82) is 0 Å². The fourth-order valence-electron chi connectivity index (χ4n) is 4.24. The number of hydrogen-bond acceptors (Lipinski definition) is 4. The van der Waals surface area contributed by atoms with Crippen LogP contribution >= 0.6 is 0 Å². The molecule has 0 fully saturated rings. The zero-order valence-corrected chi connectivity index (χ0v) is 18.1. The van der Waals surface area contributed by atoms with Crippen LogP contribution in [0.5, 0.6) is 11.5 Å². The van der Waals surface area contributed by atoms with Gasteiger partial charge in [-0.05, 0) is 49.6 Å². The first-order valence-electron chi connectivity index (χ1n) is 10.6. The van der Waals surface area contributed by atoms with Gasteiger partial charge in [-0.15, -0.1) is 0 Å². The first-order chi connectivity index (χ1) is 15.0. The fraction of sp³-hybridized carbons (Fsp3) is 0.222. The van der Waals surface area contributed by atoms with Gasteiger partial charge in [0.15, 0.2) is 5.76 Å². The molecular formula is C27H25NO3. The van der Waals surface area contributed by atoms with Crippen molar-refractivity contribution in [2.45, 2.75) is 33.9 Å². The Labute approximate surface area is 182 Å². The molecule has 0 N–H and O–H groups in total. The summed E-state index contributed by atoms with van der Waals surface area (Å²) < 4.78 is 12.1. The molecule has 0 atom stereocenters. The van der Waals surface area contributed by atoms with Crippen LogP contribution in [0.4, 0.5) is 0 Å². The number of Topliss-reactive ketones (excluding diaryl/α,β-unsaturated/α-hetero) is 1. The zero-order valence-electron chi connectivity index (χ0n) is 18.1. The quantitative estimate of drug-likeness (QED) is 0.528. The number of carbonyl (C=O) groups is 1. The van der Waals surface area contributed by atoms with Crippen molar-refractivity contribution in [3.05, 3.63) is 99.3 Å². The van der Waals surface area contributed by atoms with Crippen molar-refractivity contribution in [1.82, 2.24) is 4.90 Å². The van der Waals surface area contributed by atoms with E-state index in [1.54, 1.807) is 0 Å². The van der Waals surface area contributed by atoms with Crippen LogP contribution in [0.25, 0.3) is 6.08 Å². The fourth-order valence-corrected chi connectivity index (χ4v) is 4.24. The van der Waals surface area contributed by atoms with Crippen LogP contribution in [0.1, 0.15) is 43.7 Å². The van der Waals surface area contributed by atoms with Gasteiger partial charge in [-0.3, -0.25) is 9.69 Å². The first-order valence-corrected chi connectivity index (χ1v) is 10.6. The molecule has 156 valence electrons. The normalized spacial score (nSPS) is 16.6. The maximum Gasteiger partial charge on any atom is 0.231 e. The number of allylic oxidation sites excluding steroid dienone is 1. The van der Waals surface area contributed by atoms with Gasteiger partial charge in [-0.2, -0.15) is 0 Å². The largest absolute Gasteiger partial charge is 0.477 e. The maximum atomic E-state index is 13.1. The van der Waals surface area contributed by atoms with E-state index in [2.05, 4.69) is 36.1 Å². The van der Waals surface area contributed by atoms with Crippen molar-refractivity contribution in [2.24, 2.45) is 0 Å². The molecule has 5 rings (SSSR count). The standard InChI is InChI=1S/C27H25NO3/c1-17-8-10-20(11-9-17)14-28-15-22-12-23-25(29)24(13-21-7-5-4-6-18(21)2)31-27(23)19(3)26(22)30-16-28/h4-13H,14-16H2,1-3H3/b24-13-. The zero-order chi connectivity index (χ0) is 21.5. The third kappa shape index (κ3) is 3.64. The lowest BCUT2D eigenvalue weighted by Crippen LogP contribution is -2.32. The maximum absolute atomic E-state index is 13.1. The molecule has 0 saturated heterocycles. The summed E-state index contributed by atoms with van der Waals surface area (Å²) in [4.78, 5) is 15.3. The monoisotopic (exact) mass is 411 g/mol. The highest BCUT2D eigenvalue weighted by Gasteiger charge is 2.33. The molecule has 2 aliphatic rings. The second kappa shape index (κ2) is 7.71. The number of hydrogen-bond donors (Lipinski definition) is 0. The molecule has 0 spiro atoms. The van der Waals surface area contributed by atoms with Crippen molar-refractivity contribution in [2.75, 3.05) is 6.73 Å². The molecular weight excluding hydrogens is 386 g/mol. The van der Waals surface area contributed by atoms with Crippen LogP contribution in [0.15, 0.2) is 60.4 Å². The van der Waals surface area contributed by atoms with Crippen LogP contribution in [0.3, 0.4) is 0 Å². The third-order valence-corrected chi connectivity index (χ3v) is 6.00. The lowest BCUT2D eigenvalue weighted by Gasteiger charge is -2.30. The molecule has 0 aliphatic carbocycles. The summed E-state index contributed by atoms with van der Waals surface area (Å²) in [5.74, 6) is 1.76. The molecule has 3 aromatic carbocycles. The van der Waals surface area contributed by atoms with E-state index in [0.717, 1.165) is 41.1 Å². The van der Waals surface area contributed by atoms with Crippen LogP contribution in [-0.4, -0.2) is 17.4 Å². The molecule has 31 heavy (non-hydrogen) atoms. The lowest BCUT2D eigenvalue weighted by molar-refractivity contribution is 0.0876. The summed E-state index contributed by atoms with van der Waals surface area (Å²) in [6.07, 6.45) is 1.83. The highest BCUT2D eigenvalue weighted by Crippen LogP contribution is 2.43. The second-order valence-electron chi connectivity index (χ2n) is 8.41. The Morgan fingerprint density at radius 3 is 2.55 bits per heavy atom. The minimum Gasteiger partial charge on any atom is -0.477 e. The number of aryl methyl sites for hydroxylation is 2. The Hall–Kier alpha value is -3.37. The Bertz CT molecular complexity index is 1210. The molecule has 0 saturated carbocycles. The van der Waals surface area contributed by atoms with Gasteiger partial charge in [0.2, 0.25) is 5.78 Å². The Balaban J connectivity index is 1.43. The van der Waals surface area contributed by atoms with Gasteiger partial charge in [-0.25, -0.2) is 0 Å². The van der Waals surface area contributed by atoms with Gasteiger partial charge < -0.3 is 9.47 Å². The molecule has 0 aromatic heterocycles. The van der Waals surface area contributed by atoms with Crippen molar-refractivity contribution in [3.63, 3.8) is 0 Å². The molecule has 0 amide bonds. The summed E-state index contributed by atoms with van der Waals surface area (Å²) in [5, 5.41) is 0. The number of rotatable bonds is 3. The van der Waals surface area contributed by atoms with Gasteiger partial charge in [0.25, 0.3) is 0 Å². The summed E-state index contributed by atoms with van der Waals surface area (Å²) in [7, 11) is 0. The van der Waals surface area contributed by atoms with Crippen molar-refractivity contribution >= 4 is 11.9 Å². The molecule has 3 aromatic rings.